The van der Waals surface area contributed by atoms with Crippen LogP contribution in [0, 0.1) is 0 Å². The molecule has 0 radical (unpaired) electrons. The van der Waals surface area contributed by atoms with E-state index >= 15 is 0 Å². The highest BCUT2D eigenvalue weighted by atomic mass is 16.6. The monoisotopic (exact) mass is 333 g/mol. The molecule has 3 N–H and O–H groups in total. The first-order valence-corrected chi connectivity index (χ1v) is 7.42. The number of primary amides is 1. The van der Waals surface area contributed by atoms with Crippen LogP contribution in [0.1, 0.15) is 31.1 Å². The van der Waals surface area contributed by atoms with Crippen LogP contribution in [-0.4, -0.2) is 36.6 Å². The molecule has 24 heavy (non-hydrogen) atoms. The highest BCUT2D eigenvalue weighted by Gasteiger charge is 2.19. The van der Waals surface area contributed by atoms with Crippen LogP contribution in [0.15, 0.2) is 36.9 Å². The number of hydrogen-bond acceptors (Lipinski definition) is 4. The molecule has 0 bridgehead atoms. The molecule has 1 rings (SSSR count). The number of amides is 3. The third-order valence-corrected chi connectivity index (χ3v) is 2.82. The van der Waals surface area contributed by atoms with Crippen molar-refractivity contribution in [3.05, 3.63) is 42.5 Å². The van der Waals surface area contributed by atoms with Crippen molar-refractivity contribution in [3.63, 3.8) is 0 Å². The summed E-state index contributed by atoms with van der Waals surface area (Å²) in [6.07, 6.45) is 1.55. The van der Waals surface area contributed by atoms with Crippen molar-refractivity contribution in [2.75, 3.05) is 18.0 Å². The van der Waals surface area contributed by atoms with Crippen molar-refractivity contribution in [1.29, 1.82) is 0 Å². The number of carbonyl (C=O) groups excluding carboxylic acids is 3. The molecule has 130 valence electrons. The zero-order valence-corrected chi connectivity index (χ0v) is 14.2. The zero-order chi connectivity index (χ0) is 18.3. The fourth-order valence-electron chi connectivity index (χ4n) is 1.86. The number of nitrogens with zero attached hydrogens (tertiary/aromatic N) is 1. The lowest BCUT2D eigenvalue weighted by Crippen LogP contribution is -2.43. The summed E-state index contributed by atoms with van der Waals surface area (Å²) in [6.45, 7) is 8.84. The number of rotatable bonds is 6. The molecule has 0 atom stereocenters. The maximum absolute atomic E-state index is 12.3. The number of esters is 1. The summed E-state index contributed by atoms with van der Waals surface area (Å²) in [6, 6.07) is 5.75. The Bertz CT molecular complexity index is 618. The lowest BCUT2D eigenvalue weighted by atomic mass is 10.2. The molecular formula is C17H23N3O4. The van der Waals surface area contributed by atoms with E-state index in [9.17, 15) is 14.4 Å². The lowest BCUT2D eigenvalue weighted by molar-refractivity contribution is -0.153. The SMILES string of the molecule is C=CCN(C(=O)NCC(=O)OC(C)(C)C)c1ccc(C(N)=O)cc1. The third-order valence-electron chi connectivity index (χ3n) is 2.82. The average Bonchev–Trinajstić information content (AvgIpc) is 2.48. The van der Waals surface area contributed by atoms with Crippen LogP contribution in [0.5, 0.6) is 0 Å². The van der Waals surface area contributed by atoms with Crippen LogP contribution in [0.3, 0.4) is 0 Å². The lowest BCUT2D eigenvalue weighted by Gasteiger charge is -2.23. The summed E-state index contributed by atoms with van der Waals surface area (Å²) in [5, 5.41) is 2.50. The van der Waals surface area contributed by atoms with Gasteiger partial charge in [-0.05, 0) is 45.0 Å². The molecule has 1 aromatic carbocycles. The Kier molecular flexibility index (Phi) is 6.52. The van der Waals surface area contributed by atoms with Gasteiger partial charge >= 0.3 is 12.0 Å². The fraction of sp³-hybridized carbons (Fsp3) is 0.353. The second-order valence-electron chi connectivity index (χ2n) is 6.06. The minimum absolute atomic E-state index is 0.232. The minimum atomic E-state index is -0.618. The van der Waals surface area contributed by atoms with Crippen molar-refractivity contribution in [1.82, 2.24) is 5.32 Å². The molecule has 0 unspecified atom stereocenters. The maximum Gasteiger partial charge on any atom is 0.325 e. The van der Waals surface area contributed by atoms with Gasteiger partial charge in [-0.15, -0.1) is 6.58 Å². The van der Waals surface area contributed by atoms with Crippen LogP contribution >= 0.6 is 0 Å². The predicted octanol–water partition coefficient (Wildman–Crippen LogP) is 1.83. The van der Waals surface area contributed by atoms with Gasteiger partial charge in [0.1, 0.15) is 12.1 Å². The Balaban J connectivity index is 2.76. The molecule has 0 heterocycles. The molecule has 7 nitrogen and oxygen atoms in total. The van der Waals surface area contributed by atoms with Gasteiger partial charge in [0.2, 0.25) is 5.91 Å². The first-order chi connectivity index (χ1) is 11.1. The molecule has 0 spiro atoms. The van der Waals surface area contributed by atoms with E-state index in [0.29, 0.717) is 11.3 Å². The molecule has 7 heteroatoms. The van der Waals surface area contributed by atoms with E-state index in [1.54, 1.807) is 39.0 Å². The number of nitrogens with two attached hydrogens (primary N) is 1. The number of benzene rings is 1. The normalized spacial score (nSPS) is 10.6. The standard InChI is InChI=1S/C17H23N3O4/c1-5-10-20(13-8-6-12(7-9-13)15(18)22)16(23)19-11-14(21)24-17(2,3)4/h5-9H,1,10-11H2,2-4H3,(H2,18,22)(H,19,23). The Morgan fingerprint density at radius 2 is 1.83 bits per heavy atom. The summed E-state index contributed by atoms with van der Waals surface area (Å²) in [7, 11) is 0. The van der Waals surface area contributed by atoms with Crippen LogP contribution < -0.4 is 16.0 Å². The topological polar surface area (TPSA) is 102 Å². The highest BCUT2D eigenvalue weighted by Crippen LogP contribution is 2.15. The van der Waals surface area contributed by atoms with Crippen molar-refractivity contribution >= 4 is 23.6 Å². The van der Waals surface area contributed by atoms with E-state index in [1.807, 2.05) is 0 Å². The van der Waals surface area contributed by atoms with Gasteiger partial charge in [-0.3, -0.25) is 14.5 Å². The number of ether oxygens (including phenoxy) is 1. The number of anilines is 1. The first-order valence-electron chi connectivity index (χ1n) is 7.42. The van der Waals surface area contributed by atoms with E-state index in [-0.39, 0.29) is 13.1 Å². The van der Waals surface area contributed by atoms with Gasteiger partial charge in [0.15, 0.2) is 0 Å². The third kappa shape index (κ3) is 6.12. The highest BCUT2D eigenvalue weighted by molar-refractivity contribution is 5.96. The summed E-state index contributed by atoms with van der Waals surface area (Å²) >= 11 is 0. The van der Waals surface area contributed by atoms with Crippen LogP contribution in [0.4, 0.5) is 10.5 Å². The summed E-state index contributed by atoms with van der Waals surface area (Å²) in [4.78, 5) is 36.4. The molecule has 0 fully saturated rings. The largest absolute Gasteiger partial charge is 0.459 e. The van der Waals surface area contributed by atoms with Gasteiger partial charge in [-0.2, -0.15) is 0 Å². The molecule has 1 aromatic rings. The van der Waals surface area contributed by atoms with Gasteiger partial charge in [0.05, 0.1) is 0 Å². The quantitative estimate of drug-likeness (QED) is 0.612. The molecule has 0 saturated carbocycles. The Hall–Kier alpha value is -2.83. The van der Waals surface area contributed by atoms with E-state index in [4.69, 9.17) is 10.5 Å². The van der Waals surface area contributed by atoms with Crippen molar-refractivity contribution in [2.24, 2.45) is 5.73 Å². The number of carbonyl (C=O) groups is 3. The Morgan fingerprint density at radius 1 is 1.25 bits per heavy atom. The van der Waals surface area contributed by atoms with E-state index < -0.39 is 23.5 Å². The molecule has 0 aliphatic heterocycles. The van der Waals surface area contributed by atoms with E-state index in [0.717, 1.165) is 0 Å². The van der Waals surface area contributed by atoms with Crippen molar-refractivity contribution < 1.29 is 19.1 Å². The molecule has 0 aliphatic carbocycles. The first kappa shape index (κ1) is 19.2. The fourth-order valence-corrected chi connectivity index (χ4v) is 1.86. The zero-order valence-electron chi connectivity index (χ0n) is 14.2. The molecule has 0 aromatic heterocycles. The smallest absolute Gasteiger partial charge is 0.325 e. The molecule has 0 saturated heterocycles. The molecular weight excluding hydrogens is 310 g/mol. The second-order valence-corrected chi connectivity index (χ2v) is 6.06. The van der Waals surface area contributed by atoms with E-state index in [2.05, 4.69) is 11.9 Å². The van der Waals surface area contributed by atoms with Gasteiger partial charge in [-0.25, -0.2) is 4.79 Å². The van der Waals surface area contributed by atoms with Crippen LogP contribution in [0.25, 0.3) is 0 Å². The number of nitrogens with one attached hydrogen (secondary N) is 1. The van der Waals surface area contributed by atoms with Gasteiger partial charge in [0, 0.05) is 17.8 Å². The van der Waals surface area contributed by atoms with Crippen LogP contribution in [0.2, 0.25) is 0 Å². The van der Waals surface area contributed by atoms with Crippen LogP contribution in [-0.2, 0) is 9.53 Å². The van der Waals surface area contributed by atoms with Gasteiger partial charge in [-0.1, -0.05) is 6.08 Å². The molecule has 0 aliphatic rings. The summed E-state index contributed by atoms with van der Waals surface area (Å²) in [5.74, 6) is -1.08. The predicted molar refractivity (Wildman–Crippen MR) is 91.7 cm³/mol. The molecule has 3 amide bonds. The van der Waals surface area contributed by atoms with Gasteiger partial charge < -0.3 is 15.8 Å². The second kappa shape index (κ2) is 8.14. The van der Waals surface area contributed by atoms with Crippen molar-refractivity contribution in [3.8, 4) is 0 Å². The maximum atomic E-state index is 12.3. The number of hydrogen-bond donors (Lipinski definition) is 2. The Labute approximate surface area is 141 Å². The Morgan fingerprint density at radius 3 is 2.29 bits per heavy atom. The van der Waals surface area contributed by atoms with E-state index in [1.165, 1.54) is 17.0 Å². The van der Waals surface area contributed by atoms with Crippen molar-refractivity contribution in [2.45, 2.75) is 26.4 Å². The minimum Gasteiger partial charge on any atom is -0.459 e. The van der Waals surface area contributed by atoms with Gasteiger partial charge in [0.25, 0.3) is 0 Å². The average molecular weight is 333 g/mol. The number of urea groups is 1. The summed E-state index contributed by atoms with van der Waals surface area (Å²) < 4.78 is 5.13. The summed E-state index contributed by atoms with van der Waals surface area (Å²) in [5.41, 5.74) is 5.45.